The van der Waals surface area contributed by atoms with E-state index in [4.69, 9.17) is 16.3 Å². The standard InChI is InChI=1S/C16H13Br2ClO/c1-9-2-3-12(14(19)6-9)15(18)13-8-11(17)7-10-4-5-20-16(10)13/h2-3,6-8,15H,4-5H2,1H3. The second-order valence-corrected chi connectivity index (χ2v) is 7.21. The number of fused-ring (bicyclic) bond motifs is 1. The molecule has 0 N–H and O–H groups in total. The zero-order valence-corrected chi connectivity index (χ0v) is 14.8. The molecule has 1 atom stereocenters. The molecule has 0 fully saturated rings. The highest BCUT2D eigenvalue weighted by Crippen LogP contribution is 2.44. The summed E-state index contributed by atoms with van der Waals surface area (Å²) in [5, 5.41) is 0.776. The molecule has 4 heteroatoms. The fourth-order valence-corrected chi connectivity index (χ4v) is 4.23. The third kappa shape index (κ3) is 2.63. The highest BCUT2D eigenvalue weighted by Gasteiger charge is 2.24. The molecule has 1 aliphatic rings. The summed E-state index contributed by atoms with van der Waals surface area (Å²) in [5.74, 6) is 0.992. The third-order valence-corrected chi connectivity index (χ3v) is 5.25. The van der Waals surface area contributed by atoms with E-state index in [1.54, 1.807) is 0 Å². The van der Waals surface area contributed by atoms with Crippen LogP contribution in [-0.4, -0.2) is 6.61 Å². The predicted octanol–water partition coefficient (Wildman–Crippen LogP) is 5.83. The van der Waals surface area contributed by atoms with Crippen LogP contribution >= 0.6 is 43.5 Å². The Balaban J connectivity index is 2.09. The molecule has 0 amide bonds. The number of aryl methyl sites for hydroxylation is 1. The third-order valence-electron chi connectivity index (χ3n) is 3.48. The van der Waals surface area contributed by atoms with Gasteiger partial charge in [-0.3, -0.25) is 0 Å². The first-order valence-corrected chi connectivity index (χ1v) is 8.50. The van der Waals surface area contributed by atoms with Crippen molar-refractivity contribution in [3.8, 4) is 5.75 Å². The summed E-state index contributed by atoms with van der Waals surface area (Å²) >= 11 is 13.7. The van der Waals surface area contributed by atoms with Crippen molar-refractivity contribution in [2.75, 3.05) is 6.61 Å². The molecule has 1 heterocycles. The van der Waals surface area contributed by atoms with Gasteiger partial charge < -0.3 is 4.74 Å². The van der Waals surface area contributed by atoms with Crippen molar-refractivity contribution in [2.24, 2.45) is 0 Å². The average molecular weight is 417 g/mol. The van der Waals surface area contributed by atoms with Gasteiger partial charge in [0, 0.05) is 21.5 Å². The van der Waals surface area contributed by atoms with Crippen molar-refractivity contribution in [2.45, 2.75) is 18.2 Å². The van der Waals surface area contributed by atoms with E-state index in [0.717, 1.165) is 45.0 Å². The van der Waals surface area contributed by atoms with Crippen molar-refractivity contribution in [3.05, 3.63) is 62.1 Å². The highest BCUT2D eigenvalue weighted by atomic mass is 79.9. The van der Waals surface area contributed by atoms with E-state index in [0.29, 0.717) is 0 Å². The van der Waals surface area contributed by atoms with E-state index in [1.165, 1.54) is 5.56 Å². The van der Waals surface area contributed by atoms with Crippen LogP contribution in [0.5, 0.6) is 5.75 Å². The van der Waals surface area contributed by atoms with E-state index < -0.39 is 0 Å². The Bertz CT molecular complexity index is 670. The Hall–Kier alpha value is -0.510. The highest BCUT2D eigenvalue weighted by molar-refractivity contribution is 9.10. The van der Waals surface area contributed by atoms with Gasteiger partial charge in [-0.05, 0) is 41.8 Å². The molecule has 20 heavy (non-hydrogen) atoms. The van der Waals surface area contributed by atoms with Crippen molar-refractivity contribution < 1.29 is 4.74 Å². The van der Waals surface area contributed by atoms with Crippen LogP contribution in [0.15, 0.2) is 34.8 Å². The maximum Gasteiger partial charge on any atom is 0.127 e. The smallest absolute Gasteiger partial charge is 0.127 e. The summed E-state index contributed by atoms with van der Waals surface area (Å²) < 4.78 is 6.87. The van der Waals surface area contributed by atoms with Crippen LogP contribution in [-0.2, 0) is 6.42 Å². The summed E-state index contributed by atoms with van der Waals surface area (Å²) in [6, 6.07) is 10.4. The lowest BCUT2D eigenvalue weighted by molar-refractivity contribution is 0.354. The lowest BCUT2D eigenvalue weighted by Crippen LogP contribution is -1.98. The minimum atomic E-state index is 0.0277. The zero-order chi connectivity index (χ0) is 14.3. The fourth-order valence-electron chi connectivity index (χ4n) is 2.49. The van der Waals surface area contributed by atoms with Gasteiger partial charge in [-0.1, -0.05) is 55.6 Å². The van der Waals surface area contributed by atoms with Crippen LogP contribution in [0.4, 0.5) is 0 Å². The lowest BCUT2D eigenvalue weighted by atomic mass is 10.00. The molecular weight excluding hydrogens is 403 g/mol. The Labute approximate surface area is 140 Å². The van der Waals surface area contributed by atoms with Crippen molar-refractivity contribution in [1.29, 1.82) is 0 Å². The zero-order valence-electron chi connectivity index (χ0n) is 10.9. The van der Waals surface area contributed by atoms with Gasteiger partial charge in [0.1, 0.15) is 5.75 Å². The van der Waals surface area contributed by atoms with Crippen LogP contribution < -0.4 is 4.74 Å². The van der Waals surface area contributed by atoms with Crippen molar-refractivity contribution in [3.63, 3.8) is 0 Å². The first-order chi connectivity index (χ1) is 9.56. The van der Waals surface area contributed by atoms with Crippen LogP contribution in [0.25, 0.3) is 0 Å². The number of hydrogen-bond donors (Lipinski definition) is 0. The predicted molar refractivity (Wildman–Crippen MR) is 90.3 cm³/mol. The van der Waals surface area contributed by atoms with Crippen LogP contribution in [0.2, 0.25) is 5.02 Å². The molecule has 3 rings (SSSR count). The molecule has 0 saturated heterocycles. The average Bonchev–Trinajstić information content (AvgIpc) is 2.85. The van der Waals surface area contributed by atoms with Gasteiger partial charge in [0.2, 0.25) is 0 Å². The molecule has 104 valence electrons. The fraction of sp³-hybridized carbons (Fsp3) is 0.250. The minimum absolute atomic E-state index is 0.0277. The summed E-state index contributed by atoms with van der Waals surface area (Å²) in [5.41, 5.74) is 4.60. The molecular formula is C16H13Br2ClO. The molecule has 1 unspecified atom stereocenters. The number of hydrogen-bond acceptors (Lipinski definition) is 1. The SMILES string of the molecule is Cc1ccc(C(Br)c2cc(Br)cc3c2OCC3)c(Cl)c1. The monoisotopic (exact) mass is 414 g/mol. The molecule has 1 nitrogen and oxygen atoms in total. The molecule has 0 bridgehead atoms. The molecule has 2 aromatic carbocycles. The lowest BCUT2D eigenvalue weighted by Gasteiger charge is -2.17. The van der Waals surface area contributed by atoms with E-state index in [2.05, 4.69) is 56.1 Å². The van der Waals surface area contributed by atoms with Gasteiger partial charge in [-0.15, -0.1) is 0 Å². The Morgan fingerprint density at radius 3 is 2.75 bits per heavy atom. The summed E-state index contributed by atoms with van der Waals surface area (Å²) in [7, 11) is 0. The van der Waals surface area contributed by atoms with Crippen LogP contribution in [0.3, 0.4) is 0 Å². The molecule has 0 spiro atoms. The Morgan fingerprint density at radius 2 is 2.00 bits per heavy atom. The maximum absolute atomic E-state index is 6.38. The van der Waals surface area contributed by atoms with Gasteiger partial charge in [0.05, 0.1) is 11.4 Å². The molecule has 2 aromatic rings. The van der Waals surface area contributed by atoms with Gasteiger partial charge in [-0.25, -0.2) is 0 Å². The molecule has 0 saturated carbocycles. The van der Waals surface area contributed by atoms with Crippen molar-refractivity contribution in [1.82, 2.24) is 0 Å². The number of benzene rings is 2. The molecule has 0 aromatic heterocycles. The van der Waals surface area contributed by atoms with Gasteiger partial charge >= 0.3 is 0 Å². The van der Waals surface area contributed by atoms with E-state index >= 15 is 0 Å². The molecule has 0 aliphatic carbocycles. The van der Waals surface area contributed by atoms with E-state index in [-0.39, 0.29) is 4.83 Å². The Morgan fingerprint density at radius 1 is 1.20 bits per heavy atom. The first-order valence-electron chi connectivity index (χ1n) is 6.41. The van der Waals surface area contributed by atoms with Crippen LogP contribution in [0, 0.1) is 6.92 Å². The topological polar surface area (TPSA) is 9.23 Å². The van der Waals surface area contributed by atoms with Crippen molar-refractivity contribution >= 4 is 43.5 Å². The molecule has 0 radical (unpaired) electrons. The quantitative estimate of drug-likeness (QED) is 0.560. The summed E-state index contributed by atoms with van der Waals surface area (Å²) in [4.78, 5) is 0.0277. The van der Waals surface area contributed by atoms with Gasteiger partial charge in [0.15, 0.2) is 0 Å². The first kappa shape index (κ1) is 14.4. The maximum atomic E-state index is 6.38. The Kier molecular flexibility index (Phi) is 4.11. The van der Waals surface area contributed by atoms with Crippen LogP contribution in [0.1, 0.15) is 27.1 Å². The largest absolute Gasteiger partial charge is 0.493 e. The second kappa shape index (κ2) is 5.70. The number of ether oxygens (including phenoxy) is 1. The van der Waals surface area contributed by atoms with E-state index in [1.807, 2.05) is 13.0 Å². The minimum Gasteiger partial charge on any atom is -0.493 e. The van der Waals surface area contributed by atoms with E-state index in [9.17, 15) is 0 Å². The molecule has 1 aliphatic heterocycles. The van der Waals surface area contributed by atoms with Gasteiger partial charge in [0.25, 0.3) is 0 Å². The number of rotatable bonds is 2. The number of alkyl halides is 1. The number of halogens is 3. The second-order valence-electron chi connectivity index (χ2n) is 4.97. The summed E-state index contributed by atoms with van der Waals surface area (Å²) in [6.45, 7) is 2.79. The summed E-state index contributed by atoms with van der Waals surface area (Å²) in [6.07, 6.45) is 0.961. The van der Waals surface area contributed by atoms with Gasteiger partial charge in [-0.2, -0.15) is 0 Å². The normalized spacial score (nSPS) is 14.8.